The number of allylic oxidation sites excluding steroid dienone is 1. The van der Waals surface area contributed by atoms with Crippen molar-refractivity contribution >= 4 is 45.1 Å². The lowest BCUT2D eigenvalue weighted by Crippen LogP contribution is -2.06. The molecule has 0 saturated heterocycles. The van der Waals surface area contributed by atoms with Crippen molar-refractivity contribution in [2.75, 3.05) is 0 Å². The van der Waals surface area contributed by atoms with Gasteiger partial charge in [-0.25, -0.2) is 4.79 Å². The van der Waals surface area contributed by atoms with Crippen LogP contribution in [0.2, 0.25) is 0 Å². The molecule has 6 heteroatoms. The van der Waals surface area contributed by atoms with E-state index in [-0.39, 0.29) is 11.5 Å². The maximum atomic E-state index is 12.5. The van der Waals surface area contributed by atoms with Crippen molar-refractivity contribution in [1.29, 1.82) is 0 Å². The molecular formula is C20H11BrO4S. The van der Waals surface area contributed by atoms with Gasteiger partial charge >= 0.3 is 5.97 Å². The first-order chi connectivity index (χ1) is 12.6. The van der Waals surface area contributed by atoms with Gasteiger partial charge in [-0.1, -0.05) is 34.1 Å². The van der Waals surface area contributed by atoms with Gasteiger partial charge in [0.25, 0.3) is 0 Å². The molecule has 26 heavy (non-hydrogen) atoms. The summed E-state index contributed by atoms with van der Waals surface area (Å²) >= 11 is 4.71. The summed E-state index contributed by atoms with van der Waals surface area (Å²) in [4.78, 5) is 25.0. The summed E-state index contributed by atoms with van der Waals surface area (Å²) in [7, 11) is 0. The number of thiophene rings is 1. The van der Waals surface area contributed by atoms with Crippen LogP contribution in [0.4, 0.5) is 0 Å². The van der Waals surface area contributed by atoms with Gasteiger partial charge in [-0.15, -0.1) is 11.3 Å². The van der Waals surface area contributed by atoms with Crippen LogP contribution in [0.5, 0.6) is 11.5 Å². The molecule has 2 heterocycles. The van der Waals surface area contributed by atoms with Gasteiger partial charge in [-0.3, -0.25) is 4.79 Å². The van der Waals surface area contributed by atoms with Gasteiger partial charge in [0.2, 0.25) is 5.78 Å². The summed E-state index contributed by atoms with van der Waals surface area (Å²) in [5.41, 5.74) is 1.29. The zero-order valence-corrected chi connectivity index (χ0v) is 15.7. The van der Waals surface area contributed by atoms with Gasteiger partial charge in [-0.2, -0.15) is 0 Å². The van der Waals surface area contributed by atoms with Crippen LogP contribution in [0.1, 0.15) is 25.6 Å². The maximum Gasteiger partial charge on any atom is 0.353 e. The van der Waals surface area contributed by atoms with E-state index < -0.39 is 5.97 Å². The van der Waals surface area contributed by atoms with Gasteiger partial charge in [0.05, 0.1) is 5.56 Å². The second-order valence-electron chi connectivity index (χ2n) is 5.52. The molecular weight excluding hydrogens is 416 g/mol. The summed E-state index contributed by atoms with van der Waals surface area (Å²) in [6, 6.07) is 15.8. The van der Waals surface area contributed by atoms with Crippen LogP contribution < -0.4 is 9.47 Å². The molecule has 128 valence electrons. The Labute approximate surface area is 161 Å². The van der Waals surface area contributed by atoms with Crippen molar-refractivity contribution in [2.45, 2.75) is 0 Å². The van der Waals surface area contributed by atoms with Gasteiger partial charge in [0.1, 0.15) is 16.4 Å². The van der Waals surface area contributed by atoms with Crippen molar-refractivity contribution in [3.8, 4) is 11.5 Å². The molecule has 0 fully saturated rings. The molecule has 3 aromatic rings. The molecule has 0 amide bonds. The minimum absolute atomic E-state index is 0.198. The normalized spacial score (nSPS) is 14.2. The van der Waals surface area contributed by atoms with E-state index in [9.17, 15) is 9.59 Å². The van der Waals surface area contributed by atoms with Crippen molar-refractivity contribution in [2.24, 2.45) is 0 Å². The lowest BCUT2D eigenvalue weighted by atomic mass is 10.1. The smallest absolute Gasteiger partial charge is 0.353 e. The van der Waals surface area contributed by atoms with Crippen molar-refractivity contribution in [3.63, 3.8) is 0 Å². The molecule has 1 aromatic heterocycles. The van der Waals surface area contributed by atoms with Crippen molar-refractivity contribution < 1.29 is 19.1 Å². The number of ether oxygens (including phenoxy) is 2. The summed E-state index contributed by atoms with van der Waals surface area (Å²) in [5.74, 6) is 0.316. The summed E-state index contributed by atoms with van der Waals surface area (Å²) < 4.78 is 11.9. The Morgan fingerprint density at radius 3 is 2.77 bits per heavy atom. The topological polar surface area (TPSA) is 52.6 Å². The third-order valence-electron chi connectivity index (χ3n) is 3.72. The Morgan fingerprint density at radius 1 is 1.12 bits per heavy atom. The highest BCUT2D eigenvalue weighted by atomic mass is 79.9. The second-order valence-corrected chi connectivity index (χ2v) is 7.38. The molecule has 0 saturated carbocycles. The van der Waals surface area contributed by atoms with E-state index in [0.29, 0.717) is 21.9 Å². The fraction of sp³-hybridized carbons (Fsp3) is 0. The summed E-state index contributed by atoms with van der Waals surface area (Å²) in [6.07, 6.45) is 1.68. The molecule has 0 aliphatic carbocycles. The minimum atomic E-state index is -0.436. The van der Waals surface area contributed by atoms with Crippen LogP contribution >= 0.6 is 27.3 Å². The molecule has 0 spiro atoms. The average molecular weight is 427 g/mol. The summed E-state index contributed by atoms with van der Waals surface area (Å²) in [5, 5.41) is 1.81. The maximum absolute atomic E-state index is 12.5. The molecule has 1 aliphatic rings. The van der Waals surface area contributed by atoms with E-state index in [1.165, 1.54) is 11.3 Å². The van der Waals surface area contributed by atoms with Crippen LogP contribution in [0.15, 0.2) is 70.2 Å². The number of hydrogen-bond donors (Lipinski definition) is 0. The standard InChI is InChI=1S/C20H11BrO4S/c21-13-4-1-3-12(9-13)10-17-19(22)15-7-6-14(11-16(15)25-17)24-20(23)18-5-2-8-26-18/h1-11H. The lowest BCUT2D eigenvalue weighted by Gasteiger charge is -2.04. The largest absolute Gasteiger partial charge is 0.452 e. The third-order valence-corrected chi connectivity index (χ3v) is 5.06. The van der Waals surface area contributed by atoms with Crippen LogP contribution in [-0.2, 0) is 0 Å². The zero-order chi connectivity index (χ0) is 18.1. The molecule has 0 N–H and O–H groups in total. The number of hydrogen-bond acceptors (Lipinski definition) is 5. The second kappa shape index (κ2) is 6.90. The van der Waals surface area contributed by atoms with Gasteiger partial charge < -0.3 is 9.47 Å². The number of halogens is 1. The number of ketones is 1. The Hall–Kier alpha value is -2.70. The molecule has 4 nitrogen and oxygen atoms in total. The monoisotopic (exact) mass is 426 g/mol. The van der Waals surface area contributed by atoms with Crippen molar-refractivity contribution in [1.82, 2.24) is 0 Å². The molecule has 0 bridgehead atoms. The van der Waals surface area contributed by atoms with Gasteiger partial charge in [0, 0.05) is 10.5 Å². The number of benzene rings is 2. The van der Waals surface area contributed by atoms with E-state index >= 15 is 0 Å². The van der Waals surface area contributed by atoms with Crippen LogP contribution in [0.25, 0.3) is 6.08 Å². The van der Waals surface area contributed by atoms with E-state index in [0.717, 1.165) is 10.0 Å². The van der Waals surface area contributed by atoms with Crippen molar-refractivity contribution in [3.05, 3.63) is 86.2 Å². The highest BCUT2D eigenvalue weighted by molar-refractivity contribution is 9.10. The minimum Gasteiger partial charge on any atom is -0.452 e. The first-order valence-electron chi connectivity index (χ1n) is 7.70. The zero-order valence-electron chi connectivity index (χ0n) is 13.3. The van der Waals surface area contributed by atoms with Gasteiger partial charge in [-0.05, 0) is 47.4 Å². The van der Waals surface area contributed by atoms with E-state index in [2.05, 4.69) is 15.9 Å². The molecule has 0 atom stereocenters. The fourth-order valence-corrected chi connectivity index (χ4v) is 3.55. The molecule has 1 aliphatic heterocycles. The Kier molecular flexibility index (Phi) is 4.44. The molecule has 0 unspecified atom stereocenters. The summed E-state index contributed by atoms with van der Waals surface area (Å²) in [6.45, 7) is 0. The first-order valence-corrected chi connectivity index (χ1v) is 9.37. The Balaban J connectivity index is 1.58. The number of carbonyl (C=O) groups excluding carboxylic acids is 2. The average Bonchev–Trinajstić information content (AvgIpc) is 3.24. The number of carbonyl (C=O) groups is 2. The van der Waals surface area contributed by atoms with E-state index in [1.807, 2.05) is 24.3 Å². The number of fused-ring (bicyclic) bond motifs is 1. The third kappa shape index (κ3) is 3.34. The predicted molar refractivity (Wildman–Crippen MR) is 103 cm³/mol. The fourth-order valence-electron chi connectivity index (χ4n) is 2.53. The lowest BCUT2D eigenvalue weighted by molar-refractivity contribution is 0.0739. The SMILES string of the molecule is O=C(Oc1ccc2c(c1)OC(=Cc1cccc(Br)c1)C2=O)c1cccs1. The predicted octanol–water partition coefficient (Wildman–Crippen LogP) is 5.35. The number of esters is 1. The van der Waals surface area contributed by atoms with Crippen LogP contribution in [0.3, 0.4) is 0 Å². The highest BCUT2D eigenvalue weighted by Gasteiger charge is 2.28. The van der Waals surface area contributed by atoms with Gasteiger partial charge in [0.15, 0.2) is 5.76 Å². The van der Waals surface area contributed by atoms with E-state index in [1.54, 1.807) is 41.8 Å². The Morgan fingerprint density at radius 2 is 2.00 bits per heavy atom. The first kappa shape index (κ1) is 16.8. The van der Waals surface area contributed by atoms with Crippen LogP contribution in [-0.4, -0.2) is 11.8 Å². The number of Topliss-reactive ketones (excluding diaryl/α,β-unsaturated/α-hetero) is 1. The highest BCUT2D eigenvalue weighted by Crippen LogP contribution is 2.35. The molecule has 4 rings (SSSR count). The molecule has 2 aromatic carbocycles. The quantitative estimate of drug-likeness (QED) is 0.322. The van der Waals surface area contributed by atoms with E-state index in [4.69, 9.17) is 9.47 Å². The number of rotatable bonds is 3. The molecule has 0 radical (unpaired) electrons. The Bertz CT molecular complexity index is 1040. The van der Waals surface area contributed by atoms with Crippen LogP contribution in [0, 0.1) is 0 Å².